The Morgan fingerprint density at radius 2 is 1.65 bits per heavy atom. The van der Waals surface area contributed by atoms with Crippen molar-refractivity contribution in [3.05, 3.63) is 12.7 Å². The number of esters is 1. The maximum atomic E-state index is 10.5. The van der Waals surface area contributed by atoms with Gasteiger partial charge in [-0.05, 0) is 41.0 Å². The fourth-order valence-electron chi connectivity index (χ4n) is 0.495. The predicted octanol–water partition coefficient (Wildman–Crippen LogP) is 3.02. The van der Waals surface area contributed by atoms with Gasteiger partial charge < -0.3 is 9.84 Å². The normalized spacial score (nSPS) is 10.9. The number of rotatable bonds is 3. The summed E-state index contributed by atoms with van der Waals surface area (Å²) in [5.74, 6) is -1.09. The van der Waals surface area contributed by atoms with Gasteiger partial charge in [-0.1, -0.05) is 13.5 Å². The lowest BCUT2D eigenvalue weighted by Gasteiger charge is -2.17. The van der Waals surface area contributed by atoms with Crippen molar-refractivity contribution in [3.63, 3.8) is 0 Å². The highest BCUT2D eigenvalue weighted by atomic mass is 16.6. The van der Waals surface area contributed by atoms with Crippen LogP contribution >= 0.6 is 0 Å². The molecule has 0 aliphatic rings. The highest BCUT2D eigenvalue weighted by Crippen LogP contribution is 2.18. The molecule has 0 aliphatic carbocycles. The molecule has 4 heteroatoms. The maximum absolute atomic E-state index is 10.5. The van der Waals surface area contributed by atoms with Crippen molar-refractivity contribution >= 4 is 11.9 Å². The van der Waals surface area contributed by atoms with E-state index in [0.29, 0.717) is 6.42 Å². The van der Waals surface area contributed by atoms with Gasteiger partial charge in [0.2, 0.25) is 0 Å². The lowest BCUT2D eigenvalue weighted by Crippen LogP contribution is -2.22. The average molecular weight is 244 g/mol. The predicted molar refractivity (Wildman–Crippen MR) is 67.7 cm³/mol. The standard InChI is InChI=1S/C7H12O2.C6H12O2/c1-5-6(8)9-7(2,3)4;1-4-6(2,3)5(7)8/h5H,1H2,2-4H3;4H2,1-3H3,(H,7,8). The summed E-state index contributed by atoms with van der Waals surface area (Å²) in [6, 6.07) is 0. The van der Waals surface area contributed by atoms with E-state index in [1.54, 1.807) is 13.8 Å². The minimum absolute atomic E-state index is 0.373. The molecule has 100 valence electrons. The Kier molecular flexibility index (Phi) is 7.53. The van der Waals surface area contributed by atoms with E-state index < -0.39 is 17.0 Å². The zero-order valence-electron chi connectivity index (χ0n) is 11.7. The van der Waals surface area contributed by atoms with Crippen molar-refractivity contribution in [3.8, 4) is 0 Å². The molecule has 0 saturated heterocycles. The van der Waals surface area contributed by atoms with Gasteiger partial charge in [-0.3, -0.25) is 4.79 Å². The quantitative estimate of drug-likeness (QED) is 0.612. The van der Waals surface area contributed by atoms with Gasteiger partial charge in [0.15, 0.2) is 0 Å². The van der Waals surface area contributed by atoms with Crippen LogP contribution in [-0.2, 0) is 14.3 Å². The van der Waals surface area contributed by atoms with E-state index in [-0.39, 0.29) is 5.97 Å². The van der Waals surface area contributed by atoms with Crippen molar-refractivity contribution in [1.82, 2.24) is 0 Å². The van der Waals surface area contributed by atoms with Crippen LogP contribution in [0.2, 0.25) is 0 Å². The zero-order valence-corrected chi connectivity index (χ0v) is 11.7. The van der Waals surface area contributed by atoms with Gasteiger partial charge in [-0.25, -0.2) is 4.79 Å². The van der Waals surface area contributed by atoms with Gasteiger partial charge in [0.1, 0.15) is 5.60 Å². The second-order valence-corrected chi connectivity index (χ2v) is 5.28. The minimum atomic E-state index is -0.722. The van der Waals surface area contributed by atoms with Crippen LogP contribution in [-0.4, -0.2) is 22.6 Å². The van der Waals surface area contributed by atoms with Crippen molar-refractivity contribution in [1.29, 1.82) is 0 Å². The van der Waals surface area contributed by atoms with E-state index in [1.165, 1.54) is 0 Å². The third-order valence-corrected chi connectivity index (χ3v) is 2.04. The van der Waals surface area contributed by atoms with Crippen molar-refractivity contribution in [2.24, 2.45) is 5.41 Å². The lowest BCUT2D eigenvalue weighted by atomic mass is 9.91. The van der Waals surface area contributed by atoms with Crippen molar-refractivity contribution in [2.75, 3.05) is 0 Å². The summed E-state index contributed by atoms with van der Waals surface area (Å²) in [6.07, 6.45) is 1.84. The zero-order chi connectivity index (χ0) is 14.3. The largest absolute Gasteiger partial charge is 0.481 e. The number of ether oxygens (including phenoxy) is 1. The molecule has 1 N–H and O–H groups in total. The lowest BCUT2D eigenvalue weighted by molar-refractivity contribution is -0.148. The molecular formula is C13H24O4. The van der Waals surface area contributed by atoms with Crippen LogP contribution in [0.3, 0.4) is 0 Å². The Bertz CT molecular complexity index is 272. The number of hydrogen-bond acceptors (Lipinski definition) is 3. The number of carboxylic acids is 1. The number of hydrogen-bond donors (Lipinski definition) is 1. The van der Waals surface area contributed by atoms with E-state index in [0.717, 1.165) is 6.08 Å². The van der Waals surface area contributed by atoms with E-state index in [9.17, 15) is 9.59 Å². The summed E-state index contributed by atoms with van der Waals surface area (Å²) >= 11 is 0. The molecule has 0 amide bonds. The van der Waals surface area contributed by atoms with Crippen LogP contribution in [0.4, 0.5) is 0 Å². The van der Waals surface area contributed by atoms with Crippen LogP contribution in [0.5, 0.6) is 0 Å². The van der Waals surface area contributed by atoms with Gasteiger partial charge >= 0.3 is 11.9 Å². The molecule has 0 heterocycles. The first-order valence-electron chi connectivity index (χ1n) is 5.55. The molecule has 0 aromatic carbocycles. The van der Waals surface area contributed by atoms with Gasteiger partial charge in [0.25, 0.3) is 0 Å². The molecule has 0 radical (unpaired) electrons. The molecule has 17 heavy (non-hydrogen) atoms. The molecule has 0 aromatic heterocycles. The summed E-state index contributed by atoms with van der Waals surface area (Å²) in [5.41, 5.74) is -0.939. The average Bonchev–Trinajstić information content (AvgIpc) is 2.16. The number of aliphatic carboxylic acids is 1. The van der Waals surface area contributed by atoms with Gasteiger partial charge in [0, 0.05) is 6.08 Å². The first-order chi connectivity index (χ1) is 7.46. The molecule has 0 fully saturated rings. The maximum Gasteiger partial charge on any atom is 0.330 e. The van der Waals surface area contributed by atoms with Crippen LogP contribution in [0.25, 0.3) is 0 Å². The summed E-state index contributed by atoms with van der Waals surface area (Å²) in [5, 5.41) is 8.44. The minimum Gasteiger partial charge on any atom is -0.481 e. The third-order valence-electron chi connectivity index (χ3n) is 2.04. The molecule has 0 bridgehead atoms. The summed E-state index contributed by atoms with van der Waals surface area (Å²) in [6.45, 7) is 14.0. The SMILES string of the molecule is C=CC(=O)OC(C)(C)C.CCC(C)(C)C(=O)O. The van der Waals surface area contributed by atoms with E-state index in [1.807, 2.05) is 27.7 Å². The smallest absolute Gasteiger partial charge is 0.330 e. The topological polar surface area (TPSA) is 63.6 Å². The Labute approximate surface area is 104 Å². The Balaban J connectivity index is 0. The molecule has 0 aliphatic heterocycles. The highest BCUT2D eigenvalue weighted by molar-refractivity contribution is 5.81. The second-order valence-electron chi connectivity index (χ2n) is 5.28. The molecule has 0 atom stereocenters. The van der Waals surface area contributed by atoms with Gasteiger partial charge in [-0.15, -0.1) is 0 Å². The first-order valence-corrected chi connectivity index (χ1v) is 5.55. The molecule has 0 unspecified atom stereocenters. The van der Waals surface area contributed by atoms with Gasteiger partial charge in [0.05, 0.1) is 5.41 Å². The van der Waals surface area contributed by atoms with Crippen LogP contribution in [0.15, 0.2) is 12.7 Å². The Morgan fingerprint density at radius 1 is 1.24 bits per heavy atom. The van der Waals surface area contributed by atoms with Crippen molar-refractivity contribution in [2.45, 2.75) is 53.6 Å². The summed E-state index contributed by atoms with van der Waals surface area (Å²) in [7, 11) is 0. The number of carbonyl (C=O) groups is 2. The molecule has 0 aromatic rings. The monoisotopic (exact) mass is 244 g/mol. The molecule has 4 nitrogen and oxygen atoms in total. The first kappa shape index (κ1) is 18.1. The van der Waals surface area contributed by atoms with E-state index >= 15 is 0 Å². The van der Waals surface area contributed by atoms with Crippen LogP contribution < -0.4 is 0 Å². The van der Waals surface area contributed by atoms with E-state index in [4.69, 9.17) is 9.84 Å². The fourth-order valence-corrected chi connectivity index (χ4v) is 0.495. The van der Waals surface area contributed by atoms with Crippen LogP contribution in [0.1, 0.15) is 48.0 Å². The third kappa shape index (κ3) is 11.0. The Hall–Kier alpha value is -1.32. The highest BCUT2D eigenvalue weighted by Gasteiger charge is 2.23. The molecular weight excluding hydrogens is 220 g/mol. The van der Waals surface area contributed by atoms with Gasteiger partial charge in [-0.2, -0.15) is 0 Å². The Morgan fingerprint density at radius 3 is 1.71 bits per heavy atom. The molecule has 0 spiro atoms. The second kappa shape index (κ2) is 7.09. The van der Waals surface area contributed by atoms with Crippen molar-refractivity contribution < 1.29 is 19.4 Å². The summed E-state index contributed by atoms with van der Waals surface area (Å²) in [4.78, 5) is 20.7. The van der Waals surface area contributed by atoms with Crippen LogP contribution in [0, 0.1) is 5.41 Å². The molecule has 0 saturated carbocycles. The number of carbonyl (C=O) groups excluding carboxylic acids is 1. The fraction of sp³-hybridized carbons (Fsp3) is 0.692. The summed E-state index contributed by atoms with van der Waals surface area (Å²) < 4.78 is 4.83. The van der Waals surface area contributed by atoms with E-state index in [2.05, 4.69) is 6.58 Å². The number of carboxylic acid groups (broad SMARTS) is 1. The molecule has 0 rings (SSSR count).